The average molecular weight is 539 g/mol. The number of rotatable bonds is 6. The monoisotopic (exact) mass is 539 g/mol. The van der Waals surface area contributed by atoms with Gasteiger partial charge in [-0.2, -0.15) is 5.09 Å². The highest BCUT2D eigenvalue weighted by Crippen LogP contribution is 2.64. The third-order valence-electron chi connectivity index (χ3n) is 6.89. The second kappa shape index (κ2) is 8.88. The Bertz CT molecular complexity index is 1390. The van der Waals surface area contributed by atoms with Crippen LogP contribution in [0.4, 0.5) is 4.39 Å². The molecule has 5 rings (SSSR count). The molecular weight excluding hydrogens is 512 g/mol. The number of hydrogen-bond acceptors (Lipinski definition) is 9. The van der Waals surface area contributed by atoms with Gasteiger partial charge in [-0.05, 0) is 26.8 Å². The van der Waals surface area contributed by atoms with Gasteiger partial charge in [-0.15, -0.1) is 0 Å². The van der Waals surface area contributed by atoms with E-state index in [0.29, 0.717) is 5.56 Å². The van der Waals surface area contributed by atoms with Gasteiger partial charge in [0.05, 0.1) is 18.8 Å². The van der Waals surface area contributed by atoms with Crippen LogP contribution in [-0.2, 0) is 23.4 Å². The highest BCUT2D eigenvalue weighted by Gasteiger charge is 2.76. The molecule has 200 valence electrons. The van der Waals surface area contributed by atoms with Crippen molar-refractivity contribution in [2.24, 2.45) is 0 Å². The summed E-state index contributed by atoms with van der Waals surface area (Å²) in [4.78, 5) is 38.4. The molecule has 1 aromatic carbocycles. The third kappa shape index (κ3) is 4.34. The Balaban J connectivity index is 1.34. The summed E-state index contributed by atoms with van der Waals surface area (Å²) in [7, 11) is -4.19. The maximum Gasteiger partial charge on any atom is 0.459 e. The molecule has 3 heterocycles. The maximum atomic E-state index is 15.8. The zero-order valence-electron chi connectivity index (χ0n) is 20.3. The van der Waals surface area contributed by atoms with Crippen molar-refractivity contribution in [3.8, 4) is 5.75 Å². The van der Waals surface area contributed by atoms with Crippen molar-refractivity contribution in [2.45, 2.75) is 68.9 Å². The number of ether oxygens (including phenoxy) is 2. The summed E-state index contributed by atoms with van der Waals surface area (Å²) in [5.74, 6) is -0.538. The van der Waals surface area contributed by atoms with Crippen LogP contribution in [0.1, 0.15) is 44.8 Å². The first-order valence-corrected chi connectivity index (χ1v) is 13.3. The lowest BCUT2D eigenvalue weighted by Gasteiger charge is -2.32. The SMILES string of the molecule is CC(C)OC(=O)C1NP(=O)(OC[C@H]2OC3(CC3n3ccc(=O)[nH]c3=O)[C@](C)(F)[C@@H]2O)Oc2ccccc21. The van der Waals surface area contributed by atoms with Crippen LogP contribution in [0.15, 0.2) is 46.1 Å². The van der Waals surface area contributed by atoms with Crippen molar-refractivity contribution in [1.82, 2.24) is 14.6 Å². The number of alkyl halides is 1. The quantitative estimate of drug-likeness (QED) is 0.363. The summed E-state index contributed by atoms with van der Waals surface area (Å²) in [6.45, 7) is 3.95. The van der Waals surface area contributed by atoms with E-state index in [1.807, 2.05) is 0 Å². The molecule has 37 heavy (non-hydrogen) atoms. The van der Waals surface area contributed by atoms with Crippen LogP contribution in [0.25, 0.3) is 0 Å². The fourth-order valence-corrected chi connectivity index (χ4v) is 6.46. The molecule has 3 aliphatic rings. The van der Waals surface area contributed by atoms with E-state index >= 15 is 4.39 Å². The van der Waals surface area contributed by atoms with Crippen LogP contribution in [-0.4, -0.2) is 56.8 Å². The van der Waals surface area contributed by atoms with Crippen molar-refractivity contribution in [2.75, 3.05) is 6.61 Å². The number of nitrogens with zero attached hydrogens (tertiary/aromatic N) is 1. The Morgan fingerprint density at radius 3 is 2.76 bits per heavy atom. The largest absolute Gasteiger partial charge is 0.462 e. The van der Waals surface area contributed by atoms with Gasteiger partial charge >= 0.3 is 19.4 Å². The van der Waals surface area contributed by atoms with Crippen molar-refractivity contribution >= 4 is 13.7 Å². The van der Waals surface area contributed by atoms with Gasteiger partial charge in [0.2, 0.25) is 0 Å². The number of nitrogens with one attached hydrogen (secondary N) is 2. The number of H-pyrrole nitrogens is 1. The van der Waals surface area contributed by atoms with Gasteiger partial charge in [-0.3, -0.25) is 18.9 Å². The average Bonchev–Trinajstić information content (AvgIpc) is 3.51. The topological polar surface area (TPSA) is 158 Å². The van der Waals surface area contributed by atoms with E-state index in [9.17, 15) is 24.1 Å². The van der Waals surface area contributed by atoms with E-state index in [4.69, 9.17) is 18.5 Å². The number of aromatic amines is 1. The van der Waals surface area contributed by atoms with Gasteiger partial charge < -0.3 is 19.1 Å². The number of aliphatic hydroxyl groups is 1. The predicted octanol–water partition coefficient (Wildman–Crippen LogP) is 1.51. The van der Waals surface area contributed by atoms with E-state index in [2.05, 4.69) is 10.1 Å². The molecule has 2 aliphatic heterocycles. The fourth-order valence-electron chi connectivity index (χ4n) is 4.95. The minimum atomic E-state index is -4.19. The first-order chi connectivity index (χ1) is 17.4. The molecule has 1 saturated carbocycles. The van der Waals surface area contributed by atoms with E-state index in [1.165, 1.54) is 12.3 Å². The number of carbonyl (C=O) groups is 1. The molecule has 1 spiro atoms. The fraction of sp³-hybridized carbons (Fsp3) is 0.522. The van der Waals surface area contributed by atoms with Crippen LogP contribution < -0.4 is 20.9 Å². The van der Waals surface area contributed by atoms with Crippen LogP contribution >= 0.6 is 7.75 Å². The highest BCUT2D eigenvalue weighted by molar-refractivity contribution is 7.52. The molecule has 0 radical (unpaired) electrons. The van der Waals surface area contributed by atoms with Crippen molar-refractivity contribution in [3.05, 3.63) is 62.9 Å². The molecule has 12 nitrogen and oxygen atoms in total. The first-order valence-electron chi connectivity index (χ1n) is 11.7. The highest BCUT2D eigenvalue weighted by atomic mass is 31.2. The number of hydrogen-bond donors (Lipinski definition) is 3. The summed E-state index contributed by atoms with van der Waals surface area (Å²) in [5, 5.41) is 13.3. The van der Waals surface area contributed by atoms with Gasteiger partial charge in [0.25, 0.3) is 5.56 Å². The van der Waals surface area contributed by atoms with Gasteiger partial charge in [-0.25, -0.2) is 18.5 Å². The molecule has 1 aliphatic carbocycles. The van der Waals surface area contributed by atoms with Crippen LogP contribution in [0, 0.1) is 0 Å². The summed E-state index contributed by atoms with van der Waals surface area (Å²) in [6, 6.07) is 5.65. The number of fused-ring (bicyclic) bond motifs is 1. The Kier molecular flexibility index (Phi) is 6.19. The summed E-state index contributed by atoms with van der Waals surface area (Å²) >= 11 is 0. The molecule has 1 aromatic heterocycles. The molecule has 1 saturated heterocycles. The Labute approximate surface area is 210 Å². The molecule has 2 aromatic rings. The number of aliphatic hydroxyl groups excluding tert-OH is 1. The lowest BCUT2D eigenvalue weighted by atomic mass is 9.92. The molecule has 7 atom stereocenters. The molecule has 14 heteroatoms. The summed E-state index contributed by atoms with van der Waals surface area (Å²) in [6.07, 6.45) is -2.09. The molecule has 4 unspecified atom stereocenters. The zero-order valence-corrected chi connectivity index (χ0v) is 21.1. The maximum absolute atomic E-state index is 15.8. The van der Waals surface area contributed by atoms with E-state index in [0.717, 1.165) is 17.6 Å². The smallest absolute Gasteiger partial charge is 0.459 e. The van der Waals surface area contributed by atoms with Gasteiger partial charge in [-0.1, -0.05) is 18.2 Å². The first kappa shape index (κ1) is 25.8. The van der Waals surface area contributed by atoms with E-state index in [1.54, 1.807) is 32.0 Å². The Morgan fingerprint density at radius 2 is 2.05 bits per heavy atom. The van der Waals surface area contributed by atoms with Crippen LogP contribution in [0.5, 0.6) is 5.75 Å². The standard InChI is InChI=1S/C23H27FN3O9P/c1-12(2)34-20(30)18-13-6-4-5-7-14(13)36-37(32,26-18)33-11-15-19(29)22(3,24)23(35-15)10-16(23)27-9-8-17(28)25-21(27)31/h4-9,12,15-16,18-19,29H,10-11H2,1-3H3,(H,26,32)(H,25,28,31)/t15-,16?,18?,19-,22-,23?,37?/m1/s1. The predicted molar refractivity (Wildman–Crippen MR) is 126 cm³/mol. The molecule has 0 amide bonds. The van der Waals surface area contributed by atoms with E-state index < -0.39 is 73.2 Å². The number of aromatic nitrogens is 2. The second-order valence-corrected chi connectivity index (χ2v) is 11.5. The zero-order chi connectivity index (χ0) is 26.8. The molecule has 2 fully saturated rings. The lowest BCUT2D eigenvalue weighted by Crippen LogP contribution is -2.45. The van der Waals surface area contributed by atoms with Crippen molar-refractivity contribution in [3.63, 3.8) is 0 Å². The number of benzene rings is 1. The Morgan fingerprint density at radius 1 is 1.32 bits per heavy atom. The normalized spacial score (nSPS) is 36.3. The number of carbonyl (C=O) groups excluding carboxylic acids is 1. The molecular formula is C23H27FN3O9P. The minimum absolute atomic E-state index is 0.0579. The number of esters is 1. The molecule has 3 N–H and O–H groups in total. The second-order valence-electron chi connectivity index (χ2n) is 9.77. The number of para-hydroxylation sites is 1. The Hall–Kier alpha value is -2.83. The van der Waals surface area contributed by atoms with E-state index in [-0.39, 0.29) is 12.2 Å². The van der Waals surface area contributed by atoms with Gasteiger partial charge in [0.15, 0.2) is 5.67 Å². The molecule has 0 bridgehead atoms. The summed E-state index contributed by atoms with van der Waals surface area (Å²) in [5.41, 5.74) is -4.78. The number of halogens is 1. The van der Waals surface area contributed by atoms with Gasteiger partial charge in [0.1, 0.15) is 29.6 Å². The van der Waals surface area contributed by atoms with Crippen LogP contribution in [0.3, 0.4) is 0 Å². The lowest BCUT2D eigenvalue weighted by molar-refractivity contribution is -0.150. The van der Waals surface area contributed by atoms with Crippen molar-refractivity contribution in [1.29, 1.82) is 0 Å². The summed E-state index contributed by atoms with van der Waals surface area (Å²) < 4.78 is 52.6. The van der Waals surface area contributed by atoms with Crippen LogP contribution in [0.2, 0.25) is 0 Å². The third-order valence-corrected chi connectivity index (χ3v) is 8.39. The van der Waals surface area contributed by atoms with Crippen molar-refractivity contribution < 1.29 is 37.4 Å². The van der Waals surface area contributed by atoms with Gasteiger partial charge in [0, 0.05) is 24.2 Å². The minimum Gasteiger partial charge on any atom is -0.462 e.